The molecule has 2 aromatic rings. The third-order valence-electron chi connectivity index (χ3n) is 8.64. The highest BCUT2D eigenvalue weighted by Gasteiger charge is 2.53. The number of carbonyl (C=O) groups is 1. The number of fused-ring (bicyclic) bond motifs is 3. The minimum Gasteiger partial charge on any atom is -0.318 e. The van der Waals surface area contributed by atoms with Crippen LogP contribution in [0.1, 0.15) is 94.7 Å². The number of hydrogen-bond donors (Lipinski definition) is 0. The number of oxime groups is 1. The number of hydrogen-bond acceptors (Lipinski definition) is 5. The minimum atomic E-state index is -0.447. The summed E-state index contributed by atoms with van der Waals surface area (Å²) < 4.78 is 0. The molecule has 0 unspecified atom stereocenters. The van der Waals surface area contributed by atoms with Crippen LogP contribution < -0.4 is 0 Å². The third kappa shape index (κ3) is 4.07. The van der Waals surface area contributed by atoms with Gasteiger partial charge in [0, 0.05) is 24.5 Å². The molecule has 0 amide bonds. The fourth-order valence-corrected chi connectivity index (χ4v) is 7.24. The molecular formula is C29H34N2O4. The van der Waals surface area contributed by atoms with Crippen molar-refractivity contribution in [3.05, 3.63) is 63.2 Å². The molecule has 0 N–H and O–H groups in total. The zero-order chi connectivity index (χ0) is 24.6. The number of rotatable bonds is 5. The van der Waals surface area contributed by atoms with Gasteiger partial charge in [-0.15, -0.1) is 0 Å². The average molecular weight is 475 g/mol. The molecule has 0 bridgehead atoms. The highest BCUT2D eigenvalue weighted by atomic mass is 16.7. The smallest absolute Gasteiger partial charge is 0.318 e. The second-order valence-corrected chi connectivity index (χ2v) is 10.5. The Bertz CT molecular complexity index is 1160. The predicted molar refractivity (Wildman–Crippen MR) is 136 cm³/mol. The van der Waals surface area contributed by atoms with Gasteiger partial charge in [-0.25, -0.2) is 4.79 Å². The Hall–Kier alpha value is -3.02. The summed E-state index contributed by atoms with van der Waals surface area (Å²) in [5.41, 5.74) is 6.29. The summed E-state index contributed by atoms with van der Waals surface area (Å²) in [5.74, 6) is 0.530. The molecule has 2 fully saturated rings. The van der Waals surface area contributed by atoms with E-state index in [4.69, 9.17) is 4.84 Å². The lowest BCUT2D eigenvalue weighted by molar-refractivity contribution is -0.385. The summed E-state index contributed by atoms with van der Waals surface area (Å²) in [4.78, 5) is 27.8. The van der Waals surface area contributed by atoms with Gasteiger partial charge in [0.2, 0.25) is 0 Å². The minimum absolute atomic E-state index is 0.181. The lowest BCUT2D eigenvalue weighted by Crippen LogP contribution is -2.44. The Morgan fingerprint density at radius 2 is 1.51 bits per heavy atom. The first-order valence-corrected chi connectivity index (χ1v) is 13.1. The van der Waals surface area contributed by atoms with Crippen LogP contribution >= 0.6 is 0 Å². The second-order valence-electron chi connectivity index (χ2n) is 10.5. The number of nitro benzene ring substituents is 1. The van der Waals surface area contributed by atoms with Crippen molar-refractivity contribution in [3.8, 4) is 11.1 Å². The van der Waals surface area contributed by atoms with Crippen molar-refractivity contribution >= 4 is 17.4 Å². The van der Waals surface area contributed by atoms with E-state index in [1.165, 1.54) is 76.7 Å². The van der Waals surface area contributed by atoms with Gasteiger partial charge >= 0.3 is 5.97 Å². The van der Waals surface area contributed by atoms with E-state index in [1.807, 2.05) is 19.1 Å². The predicted octanol–water partition coefficient (Wildman–Crippen LogP) is 7.31. The van der Waals surface area contributed by atoms with Gasteiger partial charge in [0.25, 0.3) is 5.69 Å². The quantitative estimate of drug-likeness (QED) is 0.197. The Morgan fingerprint density at radius 3 is 2.09 bits per heavy atom. The normalized spacial score (nSPS) is 20.2. The first kappa shape index (κ1) is 23.7. The van der Waals surface area contributed by atoms with E-state index in [-0.39, 0.29) is 16.0 Å². The molecule has 0 atom stereocenters. The lowest BCUT2D eigenvalue weighted by Gasteiger charge is -2.48. The van der Waals surface area contributed by atoms with E-state index >= 15 is 0 Å². The van der Waals surface area contributed by atoms with Gasteiger partial charge in [0.15, 0.2) is 0 Å². The van der Waals surface area contributed by atoms with Crippen LogP contribution in [0.25, 0.3) is 11.1 Å². The van der Waals surface area contributed by atoms with Crippen molar-refractivity contribution in [2.45, 2.75) is 83.5 Å². The van der Waals surface area contributed by atoms with Crippen LogP contribution in [0.15, 0.2) is 41.6 Å². The largest absolute Gasteiger partial charge is 0.331 e. The number of nitrogens with zero attached hydrogens (tertiary/aromatic N) is 2. The molecule has 2 saturated carbocycles. The van der Waals surface area contributed by atoms with Crippen molar-refractivity contribution < 1.29 is 14.6 Å². The van der Waals surface area contributed by atoms with Crippen molar-refractivity contribution in [1.82, 2.24) is 0 Å². The Morgan fingerprint density at radius 1 is 0.886 bits per heavy atom. The summed E-state index contributed by atoms with van der Waals surface area (Å²) in [5, 5.41) is 15.9. The van der Waals surface area contributed by atoms with E-state index in [0.717, 1.165) is 22.3 Å². The number of nitro groups is 1. The van der Waals surface area contributed by atoms with Crippen LogP contribution in [0.4, 0.5) is 5.69 Å². The molecule has 5 rings (SSSR count). The molecule has 6 nitrogen and oxygen atoms in total. The van der Waals surface area contributed by atoms with E-state index in [0.29, 0.717) is 17.5 Å². The number of benzene rings is 2. The lowest BCUT2D eigenvalue weighted by atomic mass is 9.54. The topological polar surface area (TPSA) is 81.8 Å². The SMILES string of the molecule is CC(=O)O/N=C(/C)c1ccc2c(c1)-c1ccc([N+](=O)[O-])cc1C2(C1CCCCC1)C1CCCCC1. The molecule has 184 valence electrons. The number of non-ortho nitro benzene ring substituents is 1. The molecule has 0 saturated heterocycles. The standard InChI is InChI=1S/C29H34N2O4/c1-19(30-35-20(2)32)21-13-16-27-26(17-21)25-15-14-24(31(33)34)18-28(25)29(27,22-9-5-3-6-10-22)23-11-7-4-8-12-23/h13-18,22-23H,3-12H2,1-2H3/b30-19-. The van der Waals surface area contributed by atoms with Crippen molar-refractivity contribution in [2.75, 3.05) is 0 Å². The van der Waals surface area contributed by atoms with Gasteiger partial charge in [-0.05, 0) is 84.4 Å². The summed E-state index contributed by atoms with van der Waals surface area (Å²) >= 11 is 0. The van der Waals surface area contributed by atoms with Gasteiger partial charge < -0.3 is 4.84 Å². The molecule has 2 aromatic carbocycles. The third-order valence-corrected chi connectivity index (χ3v) is 8.64. The summed E-state index contributed by atoms with van der Waals surface area (Å²) in [7, 11) is 0. The highest BCUT2D eigenvalue weighted by Crippen LogP contribution is 2.62. The fraction of sp³-hybridized carbons (Fsp3) is 0.517. The zero-order valence-corrected chi connectivity index (χ0v) is 20.7. The van der Waals surface area contributed by atoms with Crippen molar-refractivity contribution in [3.63, 3.8) is 0 Å². The maximum atomic E-state index is 11.9. The van der Waals surface area contributed by atoms with Crippen molar-refractivity contribution in [2.24, 2.45) is 17.0 Å². The van der Waals surface area contributed by atoms with E-state index in [9.17, 15) is 14.9 Å². The van der Waals surface area contributed by atoms with Crippen LogP contribution in [-0.2, 0) is 15.0 Å². The fourth-order valence-electron chi connectivity index (χ4n) is 7.24. The molecule has 0 radical (unpaired) electrons. The Balaban J connectivity index is 1.74. The van der Waals surface area contributed by atoms with Gasteiger partial charge in [-0.2, -0.15) is 0 Å². The Labute approximate surface area is 206 Å². The monoisotopic (exact) mass is 474 g/mol. The van der Waals surface area contributed by atoms with Crippen LogP contribution in [0.2, 0.25) is 0 Å². The van der Waals surface area contributed by atoms with Gasteiger partial charge in [-0.1, -0.05) is 55.8 Å². The van der Waals surface area contributed by atoms with E-state index in [1.54, 1.807) is 6.07 Å². The molecule has 0 heterocycles. The molecule has 35 heavy (non-hydrogen) atoms. The Kier molecular flexibility index (Phi) is 6.47. The maximum Gasteiger partial charge on any atom is 0.331 e. The number of carbonyl (C=O) groups excluding carboxylic acids is 1. The van der Waals surface area contributed by atoms with E-state index in [2.05, 4.69) is 23.4 Å². The first-order chi connectivity index (χ1) is 16.9. The van der Waals surface area contributed by atoms with Gasteiger partial charge in [0.1, 0.15) is 0 Å². The summed E-state index contributed by atoms with van der Waals surface area (Å²) in [6.45, 7) is 3.18. The van der Waals surface area contributed by atoms with Crippen LogP contribution in [-0.4, -0.2) is 16.6 Å². The maximum absolute atomic E-state index is 11.9. The van der Waals surface area contributed by atoms with E-state index < -0.39 is 5.97 Å². The van der Waals surface area contributed by atoms with Crippen LogP contribution in [0.5, 0.6) is 0 Å². The van der Waals surface area contributed by atoms with Crippen molar-refractivity contribution in [1.29, 1.82) is 0 Å². The molecule has 3 aliphatic carbocycles. The first-order valence-electron chi connectivity index (χ1n) is 13.1. The molecule has 3 aliphatic rings. The van der Waals surface area contributed by atoms with Gasteiger partial charge in [-0.3, -0.25) is 10.1 Å². The zero-order valence-electron chi connectivity index (χ0n) is 20.7. The average Bonchev–Trinajstić information content (AvgIpc) is 3.18. The molecular weight excluding hydrogens is 440 g/mol. The summed E-state index contributed by atoms with van der Waals surface area (Å²) in [6, 6.07) is 12.0. The van der Waals surface area contributed by atoms with Gasteiger partial charge in [0.05, 0.1) is 10.6 Å². The molecule has 6 heteroatoms. The second kappa shape index (κ2) is 9.56. The molecule has 0 aliphatic heterocycles. The van der Waals surface area contributed by atoms with Crippen LogP contribution in [0, 0.1) is 22.0 Å². The molecule has 0 spiro atoms. The molecule has 0 aromatic heterocycles. The summed E-state index contributed by atoms with van der Waals surface area (Å²) in [6.07, 6.45) is 12.2. The highest BCUT2D eigenvalue weighted by molar-refractivity contribution is 6.00. The van der Waals surface area contributed by atoms with Crippen LogP contribution in [0.3, 0.4) is 0 Å².